The lowest BCUT2D eigenvalue weighted by Gasteiger charge is -2.23. The normalized spacial score (nSPS) is 16.6. The predicted octanol–water partition coefficient (Wildman–Crippen LogP) is 3.43. The molecule has 5 nitrogen and oxygen atoms in total. The highest BCUT2D eigenvalue weighted by molar-refractivity contribution is 7.92. The van der Waals surface area contributed by atoms with E-state index in [1.54, 1.807) is 29.2 Å². The highest BCUT2D eigenvalue weighted by Crippen LogP contribution is 2.33. The van der Waals surface area contributed by atoms with E-state index in [2.05, 4.69) is 4.72 Å². The number of benzene rings is 2. The Morgan fingerprint density at radius 1 is 1.20 bits per heavy atom. The Hall–Kier alpha value is -2.34. The molecule has 0 bridgehead atoms. The molecule has 2 aromatic carbocycles. The summed E-state index contributed by atoms with van der Waals surface area (Å²) in [5, 5.41) is 0. The van der Waals surface area contributed by atoms with E-state index < -0.39 is 10.0 Å². The molecule has 1 aliphatic rings. The van der Waals surface area contributed by atoms with E-state index in [0.717, 1.165) is 17.7 Å². The number of fused-ring (bicyclic) bond motifs is 1. The molecule has 3 rings (SSSR count). The monoisotopic (exact) mass is 358 g/mol. The van der Waals surface area contributed by atoms with Gasteiger partial charge in [-0.2, -0.15) is 0 Å². The maximum absolute atomic E-state index is 13.0. The summed E-state index contributed by atoms with van der Waals surface area (Å²) in [4.78, 5) is 14.8. The zero-order valence-electron chi connectivity index (χ0n) is 14.4. The molecule has 1 amide bonds. The number of para-hydroxylation sites is 1. The number of rotatable bonds is 5. The van der Waals surface area contributed by atoms with Crippen molar-refractivity contribution in [2.45, 2.75) is 32.7 Å². The van der Waals surface area contributed by atoms with Crippen molar-refractivity contribution in [3.05, 3.63) is 59.7 Å². The minimum absolute atomic E-state index is 0.0573. The first-order valence-electron chi connectivity index (χ1n) is 8.43. The van der Waals surface area contributed by atoms with Crippen LogP contribution in [0.15, 0.2) is 48.5 Å². The minimum atomic E-state index is -3.38. The van der Waals surface area contributed by atoms with E-state index in [1.807, 2.05) is 38.1 Å². The van der Waals surface area contributed by atoms with Gasteiger partial charge in [-0.3, -0.25) is 9.52 Å². The van der Waals surface area contributed by atoms with Crippen molar-refractivity contribution in [3.63, 3.8) is 0 Å². The molecule has 1 N–H and O–H groups in total. The number of nitrogens with one attached hydrogen (secondary N) is 1. The van der Waals surface area contributed by atoms with Gasteiger partial charge in [0.25, 0.3) is 5.91 Å². The van der Waals surface area contributed by atoms with Gasteiger partial charge in [-0.15, -0.1) is 0 Å². The Balaban J connectivity index is 1.88. The Kier molecular flexibility index (Phi) is 4.81. The van der Waals surface area contributed by atoms with Gasteiger partial charge < -0.3 is 4.90 Å². The zero-order chi connectivity index (χ0) is 18.0. The summed E-state index contributed by atoms with van der Waals surface area (Å²) >= 11 is 0. The summed E-state index contributed by atoms with van der Waals surface area (Å²) in [5.74, 6) is -0.0594. The maximum Gasteiger partial charge on any atom is 0.258 e. The van der Waals surface area contributed by atoms with E-state index >= 15 is 0 Å². The number of anilines is 2. The zero-order valence-corrected chi connectivity index (χ0v) is 15.2. The number of amides is 1. The minimum Gasteiger partial charge on any atom is -0.305 e. The van der Waals surface area contributed by atoms with Crippen LogP contribution in [0, 0.1) is 0 Å². The molecular weight excluding hydrogens is 336 g/mol. The van der Waals surface area contributed by atoms with Crippen molar-refractivity contribution in [3.8, 4) is 0 Å². The fraction of sp³-hybridized carbons (Fsp3) is 0.316. The van der Waals surface area contributed by atoms with Crippen LogP contribution in [0.5, 0.6) is 0 Å². The fourth-order valence-corrected chi connectivity index (χ4v) is 4.35. The van der Waals surface area contributed by atoms with Crippen LogP contribution in [0.2, 0.25) is 0 Å². The molecule has 0 radical (unpaired) electrons. The molecule has 0 saturated carbocycles. The second kappa shape index (κ2) is 6.88. The Bertz CT molecular complexity index is 893. The SMILES string of the molecule is CCCS(=O)(=O)Nc1cccc(C(=O)N2c3ccccc3CC2C)c1. The van der Waals surface area contributed by atoms with E-state index in [0.29, 0.717) is 17.7 Å². The van der Waals surface area contributed by atoms with Gasteiger partial charge in [0.05, 0.1) is 5.75 Å². The molecule has 0 saturated heterocycles. The van der Waals surface area contributed by atoms with Gasteiger partial charge >= 0.3 is 0 Å². The molecule has 0 aliphatic carbocycles. The number of carbonyl (C=O) groups is 1. The van der Waals surface area contributed by atoms with E-state index in [4.69, 9.17) is 0 Å². The van der Waals surface area contributed by atoms with Gasteiger partial charge in [0.2, 0.25) is 10.0 Å². The van der Waals surface area contributed by atoms with Gasteiger partial charge in [0.1, 0.15) is 0 Å². The highest BCUT2D eigenvalue weighted by atomic mass is 32.2. The standard InChI is InChI=1S/C19H22N2O3S/c1-3-11-25(23,24)20-17-9-6-8-16(13-17)19(22)21-14(2)12-15-7-4-5-10-18(15)21/h4-10,13-14,20H,3,11-12H2,1-2H3. The third-order valence-corrected chi connectivity index (χ3v) is 5.77. The first-order valence-corrected chi connectivity index (χ1v) is 10.1. The number of carbonyl (C=O) groups excluding carboxylic acids is 1. The molecule has 0 spiro atoms. The summed E-state index contributed by atoms with van der Waals surface area (Å²) < 4.78 is 26.4. The summed E-state index contributed by atoms with van der Waals surface area (Å²) in [6, 6.07) is 14.6. The van der Waals surface area contributed by atoms with E-state index in [1.165, 1.54) is 0 Å². The molecule has 25 heavy (non-hydrogen) atoms. The largest absolute Gasteiger partial charge is 0.305 e. The number of hydrogen-bond donors (Lipinski definition) is 1. The van der Waals surface area contributed by atoms with Gasteiger partial charge in [-0.05, 0) is 49.6 Å². The fourth-order valence-electron chi connectivity index (χ4n) is 3.23. The van der Waals surface area contributed by atoms with Crippen molar-refractivity contribution >= 4 is 27.3 Å². The first kappa shape index (κ1) is 17.5. The lowest BCUT2D eigenvalue weighted by Crippen LogP contribution is -2.35. The molecule has 1 unspecified atom stereocenters. The molecule has 1 atom stereocenters. The van der Waals surface area contributed by atoms with Crippen LogP contribution in [-0.2, 0) is 16.4 Å². The summed E-state index contributed by atoms with van der Waals surface area (Å²) in [5.41, 5.74) is 2.97. The van der Waals surface area contributed by atoms with Crippen molar-refractivity contribution < 1.29 is 13.2 Å². The van der Waals surface area contributed by atoms with Crippen molar-refractivity contribution in [2.75, 3.05) is 15.4 Å². The third-order valence-electron chi connectivity index (χ3n) is 4.28. The molecule has 132 valence electrons. The van der Waals surface area contributed by atoms with Gasteiger partial charge in [-0.1, -0.05) is 31.2 Å². The van der Waals surface area contributed by atoms with Crippen LogP contribution in [0.1, 0.15) is 36.2 Å². The van der Waals surface area contributed by atoms with Crippen LogP contribution < -0.4 is 9.62 Å². The molecule has 6 heteroatoms. The molecule has 1 heterocycles. The Labute approximate surface area is 148 Å². The van der Waals surface area contributed by atoms with Crippen LogP contribution >= 0.6 is 0 Å². The van der Waals surface area contributed by atoms with Crippen molar-refractivity contribution in [1.29, 1.82) is 0 Å². The highest BCUT2D eigenvalue weighted by Gasteiger charge is 2.31. The lowest BCUT2D eigenvalue weighted by atomic mass is 10.1. The van der Waals surface area contributed by atoms with Crippen molar-refractivity contribution in [2.24, 2.45) is 0 Å². The first-order chi connectivity index (χ1) is 11.9. The van der Waals surface area contributed by atoms with E-state index in [9.17, 15) is 13.2 Å². The Morgan fingerprint density at radius 2 is 1.96 bits per heavy atom. The number of sulfonamides is 1. The maximum atomic E-state index is 13.0. The summed E-state index contributed by atoms with van der Waals surface area (Å²) in [7, 11) is -3.38. The summed E-state index contributed by atoms with van der Waals surface area (Å²) in [6.45, 7) is 3.83. The third kappa shape index (κ3) is 3.69. The second-order valence-corrected chi connectivity index (χ2v) is 8.20. The number of hydrogen-bond acceptors (Lipinski definition) is 3. The smallest absolute Gasteiger partial charge is 0.258 e. The second-order valence-electron chi connectivity index (χ2n) is 6.36. The van der Waals surface area contributed by atoms with Crippen LogP contribution in [0.3, 0.4) is 0 Å². The summed E-state index contributed by atoms with van der Waals surface area (Å²) in [6.07, 6.45) is 1.36. The average Bonchev–Trinajstić information content (AvgIpc) is 2.89. The molecule has 2 aromatic rings. The van der Waals surface area contributed by atoms with E-state index in [-0.39, 0.29) is 17.7 Å². The van der Waals surface area contributed by atoms with Gasteiger partial charge in [0.15, 0.2) is 0 Å². The molecule has 0 aromatic heterocycles. The van der Waals surface area contributed by atoms with Crippen LogP contribution in [0.4, 0.5) is 11.4 Å². The predicted molar refractivity (Wildman–Crippen MR) is 101 cm³/mol. The molecule has 1 aliphatic heterocycles. The van der Waals surface area contributed by atoms with Gasteiger partial charge in [-0.25, -0.2) is 8.42 Å². The molecule has 0 fully saturated rings. The Morgan fingerprint density at radius 3 is 2.72 bits per heavy atom. The van der Waals surface area contributed by atoms with Gasteiger partial charge in [0, 0.05) is 23.0 Å². The van der Waals surface area contributed by atoms with Crippen molar-refractivity contribution in [1.82, 2.24) is 0 Å². The van der Waals surface area contributed by atoms with Crippen LogP contribution in [-0.4, -0.2) is 26.1 Å². The quantitative estimate of drug-likeness (QED) is 0.890. The topological polar surface area (TPSA) is 66.5 Å². The van der Waals surface area contributed by atoms with Crippen LogP contribution in [0.25, 0.3) is 0 Å². The molecular formula is C19H22N2O3S. The average molecular weight is 358 g/mol. The number of nitrogens with zero attached hydrogens (tertiary/aromatic N) is 1. The lowest BCUT2D eigenvalue weighted by molar-refractivity contribution is 0.0981.